The lowest BCUT2D eigenvalue weighted by atomic mass is 9.51. The second-order valence-corrected chi connectivity index (χ2v) is 13.1. The van der Waals surface area contributed by atoms with E-state index in [1.165, 1.54) is 43.7 Å². The van der Waals surface area contributed by atoms with Crippen LogP contribution in [0.25, 0.3) is 17.0 Å². The molecule has 5 fully saturated rings. The van der Waals surface area contributed by atoms with E-state index in [2.05, 4.69) is 22.8 Å². The van der Waals surface area contributed by atoms with Crippen LogP contribution in [0.5, 0.6) is 0 Å². The first kappa shape index (κ1) is 27.6. The summed E-state index contributed by atoms with van der Waals surface area (Å²) in [6, 6.07) is 23.8. The number of imide groups is 2. The topological polar surface area (TPSA) is 101 Å². The molecule has 5 amide bonds. The molecule has 8 nitrogen and oxygen atoms in total. The highest BCUT2D eigenvalue weighted by molar-refractivity contribution is 6.39. The van der Waals surface area contributed by atoms with E-state index < -0.39 is 17.8 Å². The zero-order valence-electron chi connectivity index (χ0n) is 24.8. The number of nitrogens with zero attached hydrogens (tertiary/aromatic N) is 2. The number of barbiturate groups is 1. The minimum absolute atomic E-state index is 0.0414. The van der Waals surface area contributed by atoms with Gasteiger partial charge in [0.15, 0.2) is 0 Å². The maximum atomic E-state index is 13.8. The fraction of sp³-hybridized carbons (Fsp3) is 0.297. The van der Waals surface area contributed by atoms with Crippen molar-refractivity contribution in [3.05, 3.63) is 102 Å². The van der Waals surface area contributed by atoms with Crippen molar-refractivity contribution in [2.45, 2.75) is 44.6 Å². The van der Waals surface area contributed by atoms with Gasteiger partial charge < -0.3 is 9.88 Å². The van der Waals surface area contributed by atoms with Crippen molar-refractivity contribution >= 4 is 52.1 Å². The Morgan fingerprint density at radius 2 is 1.49 bits per heavy atom. The molecule has 9 rings (SSSR count). The van der Waals surface area contributed by atoms with Crippen LogP contribution in [0.1, 0.15) is 49.1 Å². The van der Waals surface area contributed by atoms with Gasteiger partial charge in [0.25, 0.3) is 11.8 Å². The number of rotatable bonds is 6. The molecular weight excluding hydrogens is 564 g/mol. The standard InChI is InChI=1S/C37H34N4O4/c42-33(38-28-6-2-1-3-7-28)21-40-20-27(30-8-4-5-9-32(30)40)19-31-35(43)39-37(45)41(36(31)44)29-12-10-24(11-13-29)34-25-15-22-14-23(17-25)18-26(34)16-22/h1-13,19-20,22-23,25-26,34H,14-18,21H2,(H,38,42)(H,39,43,45). The normalized spacial score (nSPS) is 26.5. The van der Waals surface area contributed by atoms with E-state index in [4.69, 9.17) is 0 Å². The number of hydrogen-bond donors (Lipinski definition) is 2. The van der Waals surface area contributed by atoms with Gasteiger partial charge in [0.05, 0.1) is 5.69 Å². The third kappa shape index (κ3) is 4.94. The van der Waals surface area contributed by atoms with Crippen molar-refractivity contribution in [3.63, 3.8) is 0 Å². The molecule has 1 saturated heterocycles. The molecule has 4 saturated carbocycles. The zero-order chi connectivity index (χ0) is 30.7. The van der Waals surface area contributed by atoms with Crippen LogP contribution in [0.15, 0.2) is 90.6 Å². The van der Waals surface area contributed by atoms with Crippen molar-refractivity contribution in [1.82, 2.24) is 9.88 Å². The van der Waals surface area contributed by atoms with E-state index in [-0.39, 0.29) is 18.0 Å². The number of nitrogens with one attached hydrogen (secondary N) is 2. The minimum Gasteiger partial charge on any atom is -0.337 e. The number of urea groups is 1. The molecule has 2 heterocycles. The molecule has 4 aliphatic carbocycles. The van der Waals surface area contributed by atoms with Crippen LogP contribution in [0, 0.1) is 23.7 Å². The van der Waals surface area contributed by atoms with Gasteiger partial charge in [0.1, 0.15) is 12.1 Å². The van der Waals surface area contributed by atoms with Crippen LogP contribution in [0.4, 0.5) is 16.2 Å². The highest BCUT2D eigenvalue weighted by Crippen LogP contribution is 2.59. The monoisotopic (exact) mass is 598 g/mol. The Morgan fingerprint density at radius 1 is 0.822 bits per heavy atom. The average molecular weight is 599 g/mol. The Hall–Kier alpha value is -4.98. The Bertz CT molecular complexity index is 1850. The fourth-order valence-corrected chi connectivity index (χ4v) is 8.76. The van der Waals surface area contributed by atoms with E-state index in [9.17, 15) is 19.2 Å². The predicted octanol–water partition coefficient (Wildman–Crippen LogP) is 6.49. The van der Waals surface area contributed by atoms with Gasteiger partial charge in [0, 0.05) is 28.4 Å². The van der Waals surface area contributed by atoms with Crippen molar-refractivity contribution in [2.24, 2.45) is 23.7 Å². The summed E-state index contributed by atoms with van der Waals surface area (Å²) in [6.07, 6.45) is 9.93. The van der Waals surface area contributed by atoms with Crippen LogP contribution in [0.3, 0.4) is 0 Å². The summed E-state index contributed by atoms with van der Waals surface area (Å²) in [4.78, 5) is 53.7. The Balaban J connectivity index is 1.06. The Morgan fingerprint density at radius 3 is 2.20 bits per heavy atom. The smallest absolute Gasteiger partial charge is 0.335 e. The van der Waals surface area contributed by atoms with Crippen molar-refractivity contribution in [3.8, 4) is 0 Å². The second kappa shape index (κ2) is 10.9. The summed E-state index contributed by atoms with van der Waals surface area (Å²) in [6.45, 7) is 0.0414. The van der Waals surface area contributed by atoms with Crippen molar-refractivity contribution in [2.75, 3.05) is 10.2 Å². The van der Waals surface area contributed by atoms with Gasteiger partial charge in [-0.25, -0.2) is 9.69 Å². The average Bonchev–Trinajstić information content (AvgIpc) is 3.36. The Labute approximate surface area is 261 Å². The number of carbonyl (C=O) groups excluding carboxylic acids is 4. The van der Waals surface area contributed by atoms with E-state index >= 15 is 0 Å². The summed E-state index contributed by atoms with van der Waals surface area (Å²) >= 11 is 0. The van der Waals surface area contributed by atoms with Crippen molar-refractivity contribution in [1.29, 1.82) is 0 Å². The molecular formula is C37H34N4O4. The highest BCUT2D eigenvalue weighted by Gasteiger charge is 2.48. The molecule has 0 unspecified atom stereocenters. The van der Waals surface area contributed by atoms with E-state index in [0.29, 0.717) is 22.9 Å². The largest absolute Gasteiger partial charge is 0.337 e. The number of benzene rings is 3. The number of aromatic nitrogens is 1. The van der Waals surface area contributed by atoms with Crippen LogP contribution < -0.4 is 15.5 Å². The number of hydrogen-bond acceptors (Lipinski definition) is 4. The maximum absolute atomic E-state index is 13.8. The SMILES string of the molecule is O=C(Cn1cc(C=C2C(=O)NC(=O)N(c3ccc(C4C5CC6CC(C5)CC4C6)cc3)C2=O)c2ccccc21)Nc1ccccc1. The van der Waals surface area contributed by atoms with Crippen molar-refractivity contribution < 1.29 is 19.2 Å². The molecule has 8 heteroatoms. The lowest BCUT2D eigenvalue weighted by Gasteiger charge is -2.54. The van der Waals surface area contributed by atoms with Gasteiger partial charge in [-0.1, -0.05) is 48.5 Å². The molecule has 4 aromatic rings. The van der Waals surface area contributed by atoms with Gasteiger partial charge in [0.2, 0.25) is 5.91 Å². The first-order valence-corrected chi connectivity index (χ1v) is 15.9. The van der Waals surface area contributed by atoms with Crippen LogP contribution in [-0.2, 0) is 20.9 Å². The maximum Gasteiger partial charge on any atom is 0.335 e. The number of para-hydroxylation sites is 2. The minimum atomic E-state index is -0.760. The number of anilines is 2. The molecule has 0 spiro atoms. The third-order valence-corrected chi connectivity index (χ3v) is 10.4. The summed E-state index contributed by atoms with van der Waals surface area (Å²) in [7, 11) is 0. The third-order valence-electron chi connectivity index (χ3n) is 10.4. The quantitative estimate of drug-likeness (QED) is 0.196. The van der Waals surface area contributed by atoms with Crippen LogP contribution >= 0.6 is 0 Å². The highest BCUT2D eigenvalue weighted by atomic mass is 16.2. The molecule has 0 radical (unpaired) electrons. The molecule has 0 atom stereocenters. The number of amides is 5. The summed E-state index contributed by atoms with van der Waals surface area (Å²) in [5.41, 5.74) is 3.66. The second-order valence-electron chi connectivity index (χ2n) is 13.1. The van der Waals surface area contributed by atoms with Crippen LogP contribution in [-0.4, -0.2) is 28.3 Å². The summed E-state index contributed by atoms with van der Waals surface area (Å²) < 4.78 is 1.79. The Kier molecular flexibility index (Phi) is 6.66. The fourth-order valence-electron chi connectivity index (χ4n) is 8.76. The van der Waals surface area contributed by atoms with Gasteiger partial charge in [-0.15, -0.1) is 0 Å². The van der Waals surface area contributed by atoms with Gasteiger partial charge in [-0.3, -0.25) is 19.7 Å². The first-order chi connectivity index (χ1) is 21.9. The summed E-state index contributed by atoms with van der Waals surface area (Å²) in [5.74, 6) is 2.15. The molecule has 1 aliphatic heterocycles. The molecule has 45 heavy (non-hydrogen) atoms. The zero-order valence-corrected chi connectivity index (χ0v) is 24.8. The van der Waals surface area contributed by atoms with Gasteiger partial charge >= 0.3 is 6.03 Å². The van der Waals surface area contributed by atoms with Gasteiger partial charge in [-0.05, 0) is 104 Å². The number of fused-ring (bicyclic) bond motifs is 1. The molecule has 226 valence electrons. The summed E-state index contributed by atoms with van der Waals surface area (Å²) in [5, 5.41) is 6.02. The molecule has 5 aliphatic rings. The molecule has 3 aromatic carbocycles. The number of carbonyl (C=O) groups is 4. The lowest BCUT2D eigenvalue weighted by molar-refractivity contribution is -0.122. The first-order valence-electron chi connectivity index (χ1n) is 15.9. The lowest BCUT2D eigenvalue weighted by Crippen LogP contribution is -2.54. The molecule has 4 bridgehead atoms. The van der Waals surface area contributed by atoms with E-state index in [0.717, 1.165) is 39.5 Å². The van der Waals surface area contributed by atoms with E-state index in [1.807, 2.05) is 66.7 Å². The molecule has 2 N–H and O–H groups in total. The predicted molar refractivity (Wildman–Crippen MR) is 172 cm³/mol. The molecule has 1 aromatic heterocycles. The van der Waals surface area contributed by atoms with Crippen LogP contribution in [0.2, 0.25) is 0 Å². The van der Waals surface area contributed by atoms with Gasteiger partial charge in [-0.2, -0.15) is 0 Å². The van der Waals surface area contributed by atoms with E-state index in [1.54, 1.807) is 10.8 Å².